The molecular formula is C21H18N2. The molecule has 0 amide bonds. The average Bonchev–Trinajstić information content (AvgIpc) is 2.57. The first-order valence-electron chi connectivity index (χ1n) is 7.86. The van der Waals surface area contributed by atoms with Gasteiger partial charge in [0.15, 0.2) is 5.82 Å². The molecule has 2 nitrogen and oxygen atoms in total. The predicted octanol–water partition coefficient (Wildman–Crippen LogP) is 5.38. The van der Waals surface area contributed by atoms with E-state index >= 15 is 0 Å². The minimum Gasteiger partial charge on any atom is -0.236 e. The number of rotatable bonds is 1. The molecule has 0 atom stereocenters. The van der Waals surface area contributed by atoms with E-state index < -0.39 is 0 Å². The highest BCUT2D eigenvalue weighted by molar-refractivity contribution is 6.07. The minimum absolute atomic E-state index is 0.779. The van der Waals surface area contributed by atoms with Crippen molar-refractivity contribution in [2.24, 2.45) is 0 Å². The van der Waals surface area contributed by atoms with Gasteiger partial charge in [-0.25, -0.2) is 9.97 Å². The number of hydrogen-bond acceptors (Lipinski definition) is 2. The van der Waals surface area contributed by atoms with Crippen molar-refractivity contribution in [3.05, 3.63) is 71.4 Å². The van der Waals surface area contributed by atoms with Gasteiger partial charge in [-0.3, -0.25) is 0 Å². The molecule has 4 aromatic rings. The van der Waals surface area contributed by atoms with E-state index in [4.69, 9.17) is 4.98 Å². The van der Waals surface area contributed by atoms with E-state index in [1.165, 1.54) is 27.5 Å². The maximum atomic E-state index is 4.87. The highest BCUT2D eigenvalue weighted by Crippen LogP contribution is 2.30. The van der Waals surface area contributed by atoms with Crippen LogP contribution in [0.4, 0.5) is 0 Å². The van der Waals surface area contributed by atoms with Crippen molar-refractivity contribution in [1.29, 1.82) is 0 Å². The quantitative estimate of drug-likeness (QED) is 0.441. The van der Waals surface area contributed by atoms with Gasteiger partial charge in [0.1, 0.15) is 0 Å². The molecule has 0 radical (unpaired) electrons. The molecular weight excluding hydrogens is 280 g/mol. The third kappa shape index (κ3) is 2.27. The third-order valence-electron chi connectivity index (χ3n) is 4.53. The molecule has 0 aliphatic carbocycles. The van der Waals surface area contributed by atoms with E-state index in [-0.39, 0.29) is 0 Å². The second kappa shape index (κ2) is 5.17. The molecule has 23 heavy (non-hydrogen) atoms. The van der Waals surface area contributed by atoms with Crippen molar-refractivity contribution in [3.8, 4) is 11.4 Å². The van der Waals surface area contributed by atoms with E-state index in [0.717, 1.165) is 22.3 Å². The zero-order valence-corrected chi connectivity index (χ0v) is 13.6. The maximum Gasteiger partial charge on any atom is 0.159 e. The molecule has 112 valence electrons. The number of hydrogen-bond donors (Lipinski definition) is 0. The van der Waals surface area contributed by atoms with Gasteiger partial charge in [-0.05, 0) is 55.0 Å². The number of aromatic nitrogens is 2. The number of nitrogens with zero attached hydrogens (tertiary/aromatic N) is 2. The van der Waals surface area contributed by atoms with Crippen LogP contribution in [0, 0.1) is 20.8 Å². The lowest BCUT2D eigenvalue weighted by Crippen LogP contribution is -1.93. The molecule has 0 spiro atoms. The van der Waals surface area contributed by atoms with E-state index in [1.54, 1.807) is 0 Å². The molecule has 0 aliphatic rings. The van der Waals surface area contributed by atoms with Gasteiger partial charge < -0.3 is 0 Å². The second-order valence-corrected chi connectivity index (χ2v) is 6.17. The lowest BCUT2D eigenvalue weighted by Gasteiger charge is -2.11. The number of aryl methyl sites for hydroxylation is 3. The zero-order chi connectivity index (χ0) is 16.0. The van der Waals surface area contributed by atoms with Crippen LogP contribution in [0.15, 0.2) is 54.7 Å². The average molecular weight is 298 g/mol. The van der Waals surface area contributed by atoms with Crippen molar-refractivity contribution in [3.63, 3.8) is 0 Å². The van der Waals surface area contributed by atoms with Crippen molar-refractivity contribution >= 4 is 21.7 Å². The van der Waals surface area contributed by atoms with Crippen LogP contribution >= 0.6 is 0 Å². The normalized spacial score (nSPS) is 11.3. The molecule has 1 aromatic heterocycles. The predicted molar refractivity (Wildman–Crippen MR) is 96.7 cm³/mol. The van der Waals surface area contributed by atoms with Gasteiger partial charge in [0.2, 0.25) is 0 Å². The fraction of sp³-hybridized carbons (Fsp3) is 0.143. The standard InChI is InChI=1S/C21H18N2/c1-13-10-18-15(3)9-17-12-22-21(16-7-5-4-6-8-16)23-20(17)19(18)11-14(13)2/h4-12H,1-3H3. The molecule has 0 saturated carbocycles. The lowest BCUT2D eigenvalue weighted by atomic mass is 9.97. The first-order chi connectivity index (χ1) is 11.1. The van der Waals surface area contributed by atoms with Gasteiger partial charge in [0.25, 0.3) is 0 Å². The van der Waals surface area contributed by atoms with E-state index in [9.17, 15) is 0 Å². The highest BCUT2D eigenvalue weighted by Gasteiger charge is 2.10. The maximum absolute atomic E-state index is 4.87. The smallest absolute Gasteiger partial charge is 0.159 e. The Balaban J connectivity index is 2.09. The van der Waals surface area contributed by atoms with E-state index in [2.05, 4.69) is 44.0 Å². The van der Waals surface area contributed by atoms with Crippen LogP contribution in [0.2, 0.25) is 0 Å². The Labute approximate surface area is 135 Å². The van der Waals surface area contributed by atoms with Crippen LogP contribution in [-0.4, -0.2) is 9.97 Å². The highest BCUT2D eigenvalue weighted by atomic mass is 14.9. The summed E-state index contributed by atoms with van der Waals surface area (Å²) in [5, 5.41) is 3.58. The molecule has 0 saturated heterocycles. The van der Waals surface area contributed by atoms with Crippen LogP contribution in [0.3, 0.4) is 0 Å². The minimum atomic E-state index is 0.779. The second-order valence-electron chi connectivity index (χ2n) is 6.17. The van der Waals surface area contributed by atoms with Gasteiger partial charge >= 0.3 is 0 Å². The molecule has 0 fully saturated rings. The summed E-state index contributed by atoms with van der Waals surface area (Å²) in [6, 6.07) is 16.8. The first-order valence-corrected chi connectivity index (χ1v) is 7.86. The van der Waals surface area contributed by atoms with E-state index in [1.807, 2.05) is 36.5 Å². The van der Waals surface area contributed by atoms with Crippen molar-refractivity contribution in [2.45, 2.75) is 20.8 Å². The summed E-state index contributed by atoms with van der Waals surface area (Å²) in [5.41, 5.74) is 5.96. The Morgan fingerprint density at radius 2 is 1.43 bits per heavy atom. The Hall–Kier alpha value is -2.74. The summed E-state index contributed by atoms with van der Waals surface area (Å²) in [5.74, 6) is 0.779. The van der Waals surface area contributed by atoms with Gasteiger partial charge in [-0.15, -0.1) is 0 Å². The van der Waals surface area contributed by atoms with Crippen LogP contribution in [0.25, 0.3) is 33.1 Å². The van der Waals surface area contributed by atoms with Crippen LogP contribution < -0.4 is 0 Å². The molecule has 0 aliphatic heterocycles. The zero-order valence-electron chi connectivity index (χ0n) is 13.6. The topological polar surface area (TPSA) is 25.8 Å². The number of benzene rings is 3. The summed E-state index contributed by atoms with van der Waals surface area (Å²) >= 11 is 0. The fourth-order valence-corrected chi connectivity index (χ4v) is 3.09. The summed E-state index contributed by atoms with van der Waals surface area (Å²) in [6.07, 6.45) is 1.94. The Morgan fingerprint density at radius 3 is 2.17 bits per heavy atom. The number of fused-ring (bicyclic) bond motifs is 3. The van der Waals surface area contributed by atoms with Gasteiger partial charge in [-0.2, -0.15) is 0 Å². The van der Waals surface area contributed by atoms with Gasteiger partial charge in [0, 0.05) is 22.5 Å². The lowest BCUT2D eigenvalue weighted by molar-refractivity contribution is 1.23. The van der Waals surface area contributed by atoms with Crippen LogP contribution in [0.1, 0.15) is 16.7 Å². The molecule has 0 N–H and O–H groups in total. The summed E-state index contributed by atoms with van der Waals surface area (Å²) in [6.45, 7) is 6.47. The Bertz CT molecular complexity index is 1030. The summed E-state index contributed by atoms with van der Waals surface area (Å²) in [7, 11) is 0. The van der Waals surface area contributed by atoms with Gasteiger partial charge in [-0.1, -0.05) is 36.4 Å². The van der Waals surface area contributed by atoms with Crippen LogP contribution in [0.5, 0.6) is 0 Å². The van der Waals surface area contributed by atoms with Crippen LogP contribution in [-0.2, 0) is 0 Å². The Morgan fingerprint density at radius 1 is 0.739 bits per heavy atom. The monoisotopic (exact) mass is 298 g/mol. The van der Waals surface area contributed by atoms with Gasteiger partial charge in [0.05, 0.1) is 5.52 Å². The third-order valence-corrected chi connectivity index (χ3v) is 4.53. The Kier molecular flexibility index (Phi) is 3.12. The molecule has 0 unspecified atom stereocenters. The largest absolute Gasteiger partial charge is 0.236 e. The first kappa shape index (κ1) is 13.9. The van der Waals surface area contributed by atoms with Crippen molar-refractivity contribution in [1.82, 2.24) is 9.97 Å². The fourth-order valence-electron chi connectivity index (χ4n) is 3.09. The van der Waals surface area contributed by atoms with Crippen molar-refractivity contribution in [2.75, 3.05) is 0 Å². The molecule has 4 rings (SSSR count). The van der Waals surface area contributed by atoms with Crippen molar-refractivity contribution < 1.29 is 0 Å². The molecule has 2 heteroatoms. The summed E-state index contributed by atoms with van der Waals surface area (Å²) < 4.78 is 0. The molecule has 3 aromatic carbocycles. The molecule has 1 heterocycles. The van der Waals surface area contributed by atoms with E-state index in [0.29, 0.717) is 0 Å². The summed E-state index contributed by atoms with van der Waals surface area (Å²) in [4.78, 5) is 9.43. The molecule has 0 bridgehead atoms. The SMILES string of the molecule is Cc1cc2c(C)cc3cnc(-c4ccccc4)nc3c2cc1C.